The van der Waals surface area contributed by atoms with E-state index in [4.69, 9.17) is 11.6 Å². The van der Waals surface area contributed by atoms with Crippen molar-refractivity contribution < 1.29 is 9.80 Å². The van der Waals surface area contributed by atoms with E-state index in [9.17, 15) is 0 Å². The number of thioether (sulfide) groups is 1. The fourth-order valence-electron chi connectivity index (χ4n) is 3.28. The van der Waals surface area contributed by atoms with E-state index in [0.29, 0.717) is 0 Å². The number of hydrogen-bond donors (Lipinski definition) is 2. The van der Waals surface area contributed by atoms with Gasteiger partial charge in [0.1, 0.15) is 39.3 Å². The molecule has 2 aromatic rings. The van der Waals surface area contributed by atoms with Gasteiger partial charge >= 0.3 is 0 Å². The predicted octanol–water partition coefficient (Wildman–Crippen LogP) is 1.55. The van der Waals surface area contributed by atoms with Crippen molar-refractivity contribution in [3.05, 3.63) is 64.7 Å². The van der Waals surface area contributed by atoms with Crippen LogP contribution in [0.3, 0.4) is 0 Å². The molecule has 0 saturated carbocycles. The first-order chi connectivity index (χ1) is 11.2. The number of hydrogen-bond acceptors (Lipinski definition) is 1. The molecule has 122 valence electrons. The van der Waals surface area contributed by atoms with Gasteiger partial charge in [0.15, 0.2) is 0 Å². The highest BCUT2D eigenvalue weighted by Crippen LogP contribution is 2.14. The summed E-state index contributed by atoms with van der Waals surface area (Å²) in [4.78, 5) is 4.73. The Kier molecular flexibility index (Phi) is 6.01. The summed E-state index contributed by atoms with van der Waals surface area (Å²) in [5.74, 6) is 0. The van der Waals surface area contributed by atoms with Gasteiger partial charge < -0.3 is 9.80 Å². The van der Waals surface area contributed by atoms with Crippen LogP contribution in [0.4, 0.5) is 0 Å². The smallest absolute Gasteiger partial charge is 0.127 e. The van der Waals surface area contributed by atoms with Gasteiger partial charge in [0.2, 0.25) is 0 Å². The third kappa shape index (κ3) is 4.98. The van der Waals surface area contributed by atoms with E-state index < -0.39 is 0 Å². The van der Waals surface area contributed by atoms with Crippen molar-refractivity contribution >= 4 is 23.4 Å². The van der Waals surface area contributed by atoms with Crippen LogP contribution in [0.25, 0.3) is 0 Å². The van der Waals surface area contributed by atoms with Gasteiger partial charge in [-0.15, -0.1) is 11.8 Å². The zero-order valence-corrected chi connectivity index (χ0v) is 15.2. The van der Waals surface area contributed by atoms with Gasteiger partial charge in [0.05, 0.1) is 0 Å². The first-order valence-corrected chi connectivity index (χ1v) is 9.88. The van der Waals surface area contributed by atoms with Crippen LogP contribution in [0.2, 0.25) is 5.02 Å². The zero-order chi connectivity index (χ0) is 16.1. The van der Waals surface area contributed by atoms with Crippen LogP contribution in [0, 0.1) is 0 Å². The number of rotatable bonds is 5. The molecule has 2 aromatic carbocycles. The van der Waals surface area contributed by atoms with E-state index in [1.807, 2.05) is 6.07 Å². The number of quaternary nitrogens is 2. The summed E-state index contributed by atoms with van der Waals surface area (Å²) >= 11 is 7.89. The summed E-state index contributed by atoms with van der Waals surface area (Å²) in [6.45, 7) is 7.23. The van der Waals surface area contributed by atoms with Crippen LogP contribution in [0.15, 0.2) is 53.4 Å². The summed E-state index contributed by atoms with van der Waals surface area (Å²) in [5.41, 5.74) is 2.81. The second kappa shape index (κ2) is 8.20. The molecule has 1 aliphatic heterocycles. The molecule has 0 amide bonds. The van der Waals surface area contributed by atoms with Crippen molar-refractivity contribution in [1.29, 1.82) is 0 Å². The lowest BCUT2D eigenvalue weighted by Crippen LogP contribution is -3.27. The van der Waals surface area contributed by atoms with E-state index in [1.165, 1.54) is 42.2 Å². The minimum atomic E-state index is 0.847. The number of benzene rings is 2. The molecule has 0 aromatic heterocycles. The Bertz CT molecular complexity index is 622. The molecule has 0 radical (unpaired) electrons. The molecule has 0 aliphatic carbocycles. The largest absolute Gasteiger partial charge is 0.322 e. The van der Waals surface area contributed by atoms with Crippen LogP contribution < -0.4 is 9.80 Å². The molecule has 0 spiro atoms. The average molecular weight is 349 g/mol. The van der Waals surface area contributed by atoms with Gasteiger partial charge in [-0.3, -0.25) is 0 Å². The van der Waals surface area contributed by atoms with Crippen LogP contribution in [-0.2, 0) is 13.1 Å². The summed E-state index contributed by atoms with van der Waals surface area (Å²) in [5, 5.41) is 0.847. The Hall–Kier alpha value is -1.00. The Morgan fingerprint density at radius 2 is 1.48 bits per heavy atom. The SMILES string of the molecule is CSc1ccc(C[NH+]2CC[NH+](Cc3cccc(Cl)c3)CC2)cc1. The van der Waals surface area contributed by atoms with Crippen molar-refractivity contribution in [3.63, 3.8) is 0 Å². The van der Waals surface area contributed by atoms with Gasteiger partial charge in [-0.1, -0.05) is 35.9 Å². The third-order valence-corrected chi connectivity index (χ3v) is 5.60. The van der Waals surface area contributed by atoms with E-state index in [-0.39, 0.29) is 0 Å². The van der Waals surface area contributed by atoms with E-state index in [0.717, 1.165) is 18.1 Å². The van der Waals surface area contributed by atoms with Gasteiger partial charge in [0, 0.05) is 21.0 Å². The Balaban J connectivity index is 1.48. The van der Waals surface area contributed by atoms with E-state index in [1.54, 1.807) is 21.6 Å². The van der Waals surface area contributed by atoms with Crippen molar-refractivity contribution in [2.45, 2.75) is 18.0 Å². The zero-order valence-electron chi connectivity index (χ0n) is 13.6. The minimum Gasteiger partial charge on any atom is -0.322 e. The molecule has 1 fully saturated rings. The number of nitrogens with one attached hydrogen (secondary N) is 2. The van der Waals surface area contributed by atoms with Crippen LogP contribution >= 0.6 is 23.4 Å². The van der Waals surface area contributed by atoms with Crippen LogP contribution in [-0.4, -0.2) is 32.4 Å². The Labute approximate surface area is 148 Å². The number of piperazine rings is 1. The quantitative estimate of drug-likeness (QED) is 0.779. The molecule has 2 N–H and O–H groups in total. The van der Waals surface area contributed by atoms with Crippen LogP contribution in [0.5, 0.6) is 0 Å². The van der Waals surface area contributed by atoms with Gasteiger partial charge in [0.25, 0.3) is 0 Å². The summed E-state index contributed by atoms with van der Waals surface area (Å²) in [6.07, 6.45) is 2.13. The fourth-order valence-corrected chi connectivity index (χ4v) is 3.90. The van der Waals surface area contributed by atoms with Gasteiger partial charge in [-0.2, -0.15) is 0 Å². The molecule has 1 aliphatic rings. The molecule has 23 heavy (non-hydrogen) atoms. The Morgan fingerprint density at radius 1 is 0.870 bits per heavy atom. The second-order valence-electron chi connectivity index (χ2n) is 6.33. The maximum Gasteiger partial charge on any atom is 0.127 e. The molecule has 0 bridgehead atoms. The lowest BCUT2D eigenvalue weighted by molar-refractivity contribution is -1.02. The maximum absolute atomic E-state index is 6.08. The van der Waals surface area contributed by atoms with Gasteiger partial charge in [-0.05, 0) is 30.5 Å². The highest BCUT2D eigenvalue weighted by Gasteiger charge is 2.23. The van der Waals surface area contributed by atoms with Crippen LogP contribution in [0.1, 0.15) is 11.1 Å². The highest BCUT2D eigenvalue weighted by atomic mass is 35.5. The van der Waals surface area contributed by atoms with Gasteiger partial charge in [-0.25, -0.2) is 0 Å². The Morgan fingerprint density at radius 3 is 2.04 bits per heavy atom. The normalized spacial score (nSPS) is 21.3. The molecule has 3 rings (SSSR count). The lowest BCUT2D eigenvalue weighted by atomic mass is 10.1. The molecule has 0 unspecified atom stereocenters. The first kappa shape index (κ1) is 16.8. The van der Waals surface area contributed by atoms with Crippen molar-refractivity contribution in [3.8, 4) is 0 Å². The molecule has 4 heteroatoms. The van der Waals surface area contributed by atoms with E-state index >= 15 is 0 Å². The molecule has 1 heterocycles. The molecular formula is C19H25ClN2S+2. The predicted molar refractivity (Wildman–Crippen MR) is 98.5 cm³/mol. The van der Waals surface area contributed by atoms with Crippen molar-refractivity contribution in [1.82, 2.24) is 0 Å². The highest BCUT2D eigenvalue weighted by molar-refractivity contribution is 7.98. The average Bonchev–Trinajstić information content (AvgIpc) is 2.57. The maximum atomic E-state index is 6.08. The molecule has 1 saturated heterocycles. The number of halogens is 1. The first-order valence-electron chi connectivity index (χ1n) is 8.27. The van der Waals surface area contributed by atoms with Crippen molar-refractivity contribution in [2.75, 3.05) is 32.4 Å². The third-order valence-electron chi connectivity index (χ3n) is 4.62. The summed E-state index contributed by atoms with van der Waals surface area (Å²) in [7, 11) is 0. The summed E-state index contributed by atoms with van der Waals surface area (Å²) in [6, 6.07) is 17.3. The molecule has 0 atom stereocenters. The van der Waals surface area contributed by atoms with Crippen molar-refractivity contribution in [2.24, 2.45) is 0 Å². The molecular weight excluding hydrogens is 324 g/mol. The second-order valence-corrected chi connectivity index (χ2v) is 7.65. The summed E-state index contributed by atoms with van der Waals surface area (Å²) < 4.78 is 0. The lowest BCUT2D eigenvalue weighted by Gasteiger charge is -2.29. The van der Waals surface area contributed by atoms with E-state index in [2.05, 4.69) is 48.7 Å². The topological polar surface area (TPSA) is 8.88 Å². The standard InChI is InChI=1S/C19H23ClN2S/c1-23-19-7-5-16(6-8-19)14-21-9-11-22(12-10-21)15-17-3-2-4-18(20)13-17/h2-8,13H,9-12,14-15H2,1H3/p+2. The fraction of sp³-hybridized carbons (Fsp3) is 0.368. The molecule has 2 nitrogen and oxygen atoms in total. The monoisotopic (exact) mass is 348 g/mol. The minimum absolute atomic E-state index is 0.847.